The number of hydrogen-bond donors (Lipinski definition) is 1. The van der Waals surface area contributed by atoms with E-state index in [2.05, 4.69) is 26.2 Å². The lowest BCUT2D eigenvalue weighted by molar-refractivity contribution is 0.102. The first-order valence-electron chi connectivity index (χ1n) is 8.14. The summed E-state index contributed by atoms with van der Waals surface area (Å²) in [5.41, 5.74) is 4.70. The van der Waals surface area contributed by atoms with Gasteiger partial charge in [-0.25, -0.2) is 4.98 Å². The number of nitrogens with zero attached hydrogens (tertiary/aromatic N) is 1. The summed E-state index contributed by atoms with van der Waals surface area (Å²) >= 11 is 3.40. The minimum Gasteiger partial charge on any atom is -0.436 e. The van der Waals surface area contributed by atoms with Crippen LogP contribution in [0.15, 0.2) is 75.6 Å². The molecule has 4 rings (SSSR count). The topological polar surface area (TPSA) is 55.1 Å². The third-order valence-corrected chi connectivity index (χ3v) is 4.72. The predicted molar refractivity (Wildman–Crippen MR) is 106 cm³/mol. The van der Waals surface area contributed by atoms with Gasteiger partial charge in [-0.15, -0.1) is 0 Å². The lowest BCUT2D eigenvalue weighted by Crippen LogP contribution is -2.12. The molecule has 0 atom stereocenters. The quantitative estimate of drug-likeness (QED) is 0.466. The SMILES string of the molecule is Cc1cccc(-c2nc3cc(NC(=O)c4ccccc4Br)ccc3o2)c1. The third kappa shape index (κ3) is 3.26. The second kappa shape index (κ2) is 6.77. The minimum absolute atomic E-state index is 0.181. The molecule has 0 aliphatic rings. The Hall–Kier alpha value is -2.92. The molecule has 0 aliphatic carbocycles. The molecule has 0 fully saturated rings. The zero-order valence-corrected chi connectivity index (χ0v) is 15.6. The number of carbonyl (C=O) groups excluding carboxylic acids is 1. The molecule has 0 aliphatic heterocycles. The van der Waals surface area contributed by atoms with Crippen molar-refractivity contribution in [2.75, 3.05) is 5.32 Å². The Morgan fingerprint density at radius 1 is 1.04 bits per heavy atom. The lowest BCUT2D eigenvalue weighted by atomic mass is 10.1. The summed E-state index contributed by atoms with van der Waals surface area (Å²) in [7, 11) is 0. The van der Waals surface area contributed by atoms with Crippen molar-refractivity contribution in [3.63, 3.8) is 0 Å². The van der Waals surface area contributed by atoms with Crippen LogP contribution in [0.1, 0.15) is 15.9 Å². The average molecular weight is 407 g/mol. The Labute approximate surface area is 159 Å². The Morgan fingerprint density at radius 2 is 1.88 bits per heavy atom. The monoisotopic (exact) mass is 406 g/mol. The molecule has 1 amide bonds. The molecule has 4 aromatic rings. The fourth-order valence-corrected chi connectivity index (χ4v) is 3.22. The van der Waals surface area contributed by atoms with Crippen molar-refractivity contribution >= 4 is 38.6 Å². The molecule has 0 spiro atoms. The molecule has 0 radical (unpaired) electrons. The average Bonchev–Trinajstić information content (AvgIpc) is 3.05. The van der Waals surface area contributed by atoms with E-state index in [4.69, 9.17) is 4.42 Å². The summed E-state index contributed by atoms with van der Waals surface area (Å²) < 4.78 is 6.59. The van der Waals surface area contributed by atoms with Gasteiger partial charge in [-0.3, -0.25) is 4.79 Å². The standard InChI is InChI=1S/C21H15BrN2O2/c1-13-5-4-6-14(11-13)21-24-18-12-15(9-10-19(18)26-21)23-20(25)16-7-2-3-8-17(16)22/h2-12H,1H3,(H,23,25). The van der Waals surface area contributed by atoms with Crippen LogP contribution in [0.25, 0.3) is 22.6 Å². The summed E-state index contributed by atoms with van der Waals surface area (Å²) in [6.45, 7) is 2.03. The second-order valence-electron chi connectivity index (χ2n) is 6.00. The molecule has 1 N–H and O–H groups in total. The van der Waals surface area contributed by atoms with Crippen LogP contribution in [-0.2, 0) is 0 Å². The van der Waals surface area contributed by atoms with Gasteiger partial charge in [0.05, 0.1) is 5.56 Å². The highest BCUT2D eigenvalue weighted by atomic mass is 79.9. The smallest absolute Gasteiger partial charge is 0.256 e. The first-order valence-corrected chi connectivity index (χ1v) is 8.93. The molecule has 0 unspecified atom stereocenters. The molecule has 1 heterocycles. The van der Waals surface area contributed by atoms with E-state index in [0.717, 1.165) is 15.6 Å². The highest BCUT2D eigenvalue weighted by Crippen LogP contribution is 2.27. The van der Waals surface area contributed by atoms with Crippen molar-refractivity contribution in [2.24, 2.45) is 0 Å². The molecule has 0 saturated carbocycles. The van der Waals surface area contributed by atoms with Crippen LogP contribution < -0.4 is 5.32 Å². The molecule has 128 valence electrons. The van der Waals surface area contributed by atoms with Crippen LogP contribution in [0.3, 0.4) is 0 Å². The number of halogens is 1. The molecule has 0 saturated heterocycles. The van der Waals surface area contributed by atoms with E-state index in [-0.39, 0.29) is 5.91 Å². The van der Waals surface area contributed by atoms with Gasteiger partial charge < -0.3 is 9.73 Å². The molecule has 3 aromatic carbocycles. The minimum atomic E-state index is -0.181. The maximum absolute atomic E-state index is 12.5. The first-order chi connectivity index (χ1) is 12.6. The van der Waals surface area contributed by atoms with Crippen molar-refractivity contribution in [2.45, 2.75) is 6.92 Å². The zero-order valence-electron chi connectivity index (χ0n) is 14.0. The van der Waals surface area contributed by atoms with Crippen LogP contribution in [0.5, 0.6) is 0 Å². The van der Waals surface area contributed by atoms with Crippen LogP contribution >= 0.6 is 15.9 Å². The molecular weight excluding hydrogens is 392 g/mol. The fraction of sp³-hybridized carbons (Fsp3) is 0.0476. The van der Waals surface area contributed by atoms with Crippen molar-refractivity contribution < 1.29 is 9.21 Å². The van der Waals surface area contributed by atoms with Crippen LogP contribution in [0.2, 0.25) is 0 Å². The predicted octanol–water partition coefficient (Wildman–Crippen LogP) is 5.82. The molecule has 5 heteroatoms. The number of rotatable bonds is 3. The van der Waals surface area contributed by atoms with Gasteiger partial charge in [0.1, 0.15) is 5.52 Å². The number of fused-ring (bicyclic) bond motifs is 1. The maximum atomic E-state index is 12.5. The third-order valence-electron chi connectivity index (χ3n) is 4.03. The van der Waals surface area contributed by atoms with Gasteiger partial charge in [-0.1, -0.05) is 29.8 Å². The number of anilines is 1. The van der Waals surface area contributed by atoms with E-state index in [1.165, 1.54) is 0 Å². The van der Waals surface area contributed by atoms with Gasteiger partial charge in [0.25, 0.3) is 5.91 Å². The van der Waals surface area contributed by atoms with Crippen molar-refractivity contribution in [3.8, 4) is 11.5 Å². The number of oxazole rings is 1. The van der Waals surface area contributed by atoms with E-state index in [0.29, 0.717) is 28.2 Å². The highest BCUT2D eigenvalue weighted by molar-refractivity contribution is 9.10. The number of nitrogens with one attached hydrogen (secondary N) is 1. The Morgan fingerprint density at radius 3 is 2.69 bits per heavy atom. The summed E-state index contributed by atoms with van der Waals surface area (Å²) in [5, 5.41) is 2.90. The number of amides is 1. The van der Waals surface area contributed by atoms with Gasteiger partial charge in [0.15, 0.2) is 5.58 Å². The van der Waals surface area contributed by atoms with E-state index in [1.54, 1.807) is 6.07 Å². The van der Waals surface area contributed by atoms with Gasteiger partial charge in [-0.05, 0) is 65.3 Å². The van der Waals surface area contributed by atoms with Gasteiger partial charge in [0.2, 0.25) is 5.89 Å². The number of aryl methyl sites for hydroxylation is 1. The Balaban J connectivity index is 1.64. The molecular formula is C21H15BrN2O2. The van der Waals surface area contributed by atoms with Gasteiger partial charge >= 0.3 is 0 Å². The largest absolute Gasteiger partial charge is 0.436 e. The van der Waals surface area contributed by atoms with Crippen molar-refractivity contribution in [1.29, 1.82) is 0 Å². The fourth-order valence-electron chi connectivity index (χ4n) is 2.75. The van der Waals surface area contributed by atoms with E-state index in [1.807, 2.05) is 67.6 Å². The number of carbonyl (C=O) groups is 1. The summed E-state index contributed by atoms with van der Waals surface area (Å²) in [6.07, 6.45) is 0. The van der Waals surface area contributed by atoms with E-state index in [9.17, 15) is 4.79 Å². The first kappa shape index (κ1) is 16.5. The number of aromatic nitrogens is 1. The molecule has 0 bridgehead atoms. The number of hydrogen-bond acceptors (Lipinski definition) is 3. The van der Waals surface area contributed by atoms with E-state index >= 15 is 0 Å². The Kier molecular flexibility index (Phi) is 4.31. The highest BCUT2D eigenvalue weighted by Gasteiger charge is 2.12. The lowest BCUT2D eigenvalue weighted by Gasteiger charge is -2.06. The summed E-state index contributed by atoms with van der Waals surface area (Å²) in [5.74, 6) is 0.386. The molecule has 4 nitrogen and oxygen atoms in total. The normalized spacial score (nSPS) is 10.8. The molecule has 26 heavy (non-hydrogen) atoms. The second-order valence-corrected chi connectivity index (χ2v) is 6.86. The zero-order chi connectivity index (χ0) is 18.1. The van der Waals surface area contributed by atoms with Gasteiger partial charge in [-0.2, -0.15) is 0 Å². The number of benzene rings is 3. The summed E-state index contributed by atoms with van der Waals surface area (Å²) in [6, 6.07) is 20.7. The van der Waals surface area contributed by atoms with Crippen molar-refractivity contribution in [1.82, 2.24) is 4.98 Å². The summed E-state index contributed by atoms with van der Waals surface area (Å²) in [4.78, 5) is 17.0. The van der Waals surface area contributed by atoms with E-state index < -0.39 is 0 Å². The van der Waals surface area contributed by atoms with Crippen LogP contribution in [-0.4, -0.2) is 10.9 Å². The van der Waals surface area contributed by atoms with Crippen molar-refractivity contribution in [3.05, 3.63) is 82.3 Å². The molecule has 1 aromatic heterocycles. The van der Waals surface area contributed by atoms with Gasteiger partial charge in [0, 0.05) is 15.7 Å². The van der Waals surface area contributed by atoms with Crippen LogP contribution in [0.4, 0.5) is 5.69 Å². The van der Waals surface area contributed by atoms with Crippen LogP contribution in [0, 0.1) is 6.92 Å². The maximum Gasteiger partial charge on any atom is 0.256 e. The Bertz CT molecular complexity index is 1120.